The number of thiazole rings is 1. The summed E-state index contributed by atoms with van der Waals surface area (Å²) in [6, 6.07) is 17.7. The fraction of sp³-hybridized carbons (Fsp3) is 0.273. The zero-order valence-electron chi connectivity index (χ0n) is 16.3. The largest absolute Gasteiger partial charge is 0.487 e. The van der Waals surface area contributed by atoms with Crippen molar-refractivity contribution in [2.75, 3.05) is 19.6 Å². The highest BCUT2D eigenvalue weighted by molar-refractivity contribution is 7.07. The van der Waals surface area contributed by atoms with Gasteiger partial charge in [-0.1, -0.05) is 36.4 Å². The quantitative estimate of drug-likeness (QED) is 0.586. The summed E-state index contributed by atoms with van der Waals surface area (Å²) in [4.78, 5) is 19.2. The lowest BCUT2D eigenvalue weighted by Crippen LogP contribution is -2.29. The standard InChI is InChI=1S/C22H23N3O2S.2ClH/c23-10-18-11-25(12-21(18)16-5-2-1-3-6-16)22(26)17-7-4-8-20(9-17)27-13-19-14-28-15-24-19;;/h1-9,14-15,18,21H,10-13,23H2;2*1H/t18-,21+;;/m1../s1. The minimum atomic E-state index is 0. The maximum atomic E-state index is 13.1. The molecule has 5 nitrogen and oxygen atoms in total. The number of nitrogens with two attached hydrogens (primary N) is 1. The summed E-state index contributed by atoms with van der Waals surface area (Å²) in [7, 11) is 0. The van der Waals surface area contributed by atoms with Gasteiger partial charge in [0.1, 0.15) is 12.4 Å². The fourth-order valence-corrected chi connectivity index (χ4v) is 4.26. The minimum absolute atomic E-state index is 0. The topological polar surface area (TPSA) is 68.5 Å². The summed E-state index contributed by atoms with van der Waals surface area (Å²) in [6.45, 7) is 2.34. The second-order valence-corrected chi connectivity index (χ2v) is 7.74. The SMILES string of the molecule is Cl.Cl.NC[C@@H]1CN(C(=O)c2cccc(OCc3cscn3)c2)C[C@H]1c1ccccc1. The smallest absolute Gasteiger partial charge is 0.254 e. The van der Waals surface area contributed by atoms with Crippen LogP contribution in [0, 0.1) is 5.92 Å². The Morgan fingerprint density at radius 1 is 1.13 bits per heavy atom. The molecule has 1 aromatic heterocycles. The number of rotatable bonds is 6. The van der Waals surface area contributed by atoms with Crippen molar-refractivity contribution in [2.45, 2.75) is 12.5 Å². The van der Waals surface area contributed by atoms with E-state index in [1.807, 2.05) is 52.7 Å². The normalized spacial score (nSPS) is 17.7. The molecule has 1 fully saturated rings. The molecule has 0 spiro atoms. The third kappa shape index (κ3) is 5.52. The number of benzene rings is 2. The van der Waals surface area contributed by atoms with Crippen molar-refractivity contribution in [3.8, 4) is 5.75 Å². The third-order valence-corrected chi connectivity index (χ3v) is 5.85. The first-order chi connectivity index (χ1) is 13.7. The number of nitrogens with zero attached hydrogens (tertiary/aromatic N) is 2. The van der Waals surface area contributed by atoms with E-state index in [0.717, 1.165) is 5.69 Å². The molecule has 1 aliphatic heterocycles. The Morgan fingerprint density at radius 3 is 2.63 bits per heavy atom. The zero-order valence-corrected chi connectivity index (χ0v) is 18.8. The second-order valence-electron chi connectivity index (χ2n) is 7.02. The van der Waals surface area contributed by atoms with Gasteiger partial charge in [-0.15, -0.1) is 36.2 Å². The molecule has 2 N–H and O–H groups in total. The molecular weight excluding hydrogens is 441 g/mol. The molecule has 2 atom stereocenters. The highest BCUT2D eigenvalue weighted by Crippen LogP contribution is 2.33. The summed E-state index contributed by atoms with van der Waals surface area (Å²) in [5, 5.41) is 1.95. The zero-order chi connectivity index (χ0) is 19.3. The van der Waals surface area contributed by atoms with Crippen molar-refractivity contribution in [1.82, 2.24) is 9.88 Å². The maximum Gasteiger partial charge on any atom is 0.254 e. The van der Waals surface area contributed by atoms with Gasteiger partial charge in [-0.05, 0) is 36.2 Å². The van der Waals surface area contributed by atoms with Gasteiger partial charge in [0.25, 0.3) is 5.91 Å². The summed E-state index contributed by atoms with van der Waals surface area (Å²) < 4.78 is 5.79. The van der Waals surface area contributed by atoms with Crippen molar-refractivity contribution in [3.63, 3.8) is 0 Å². The number of hydrogen-bond donors (Lipinski definition) is 1. The lowest BCUT2D eigenvalue weighted by Gasteiger charge is -2.17. The van der Waals surface area contributed by atoms with Crippen LogP contribution >= 0.6 is 36.2 Å². The Balaban J connectivity index is 0.00000160. The molecule has 3 aromatic rings. The van der Waals surface area contributed by atoms with Gasteiger partial charge in [0, 0.05) is 30.0 Å². The first kappa shape index (κ1) is 24.2. The van der Waals surface area contributed by atoms with E-state index in [0.29, 0.717) is 37.6 Å². The Bertz CT molecular complexity index is 925. The molecule has 1 amide bonds. The molecule has 8 heteroatoms. The lowest BCUT2D eigenvalue weighted by molar-refractivity contribution is 0.0786. The first-order valence-corrected chi connectivity index (χ1v) is 10.3. The average molecular weight is 466 g/mol. The summed E-state index contributed by atoms with van der Waals surface area (Å²) >= 11 is 1.54. The van der Waals surface area contributed by atoms with Crippen LogP contribution in [-0.4, -0.2) is 35.4 Å². The molecule has 160 valence electrons. The molecule has 2 aromatic carbocycles. The first-order valence-electron chi connectivity index (χ1n) is 9.39. The van der Waals surface area contributed by atoms with Crippen LogP contribution < -0.4 is 10.5 Å². The summed E-state index contributed by atoms with van der Waals surface area (Å²) in [5.74, 6) is 1.25. The minimum Gasteiger partial charge on any atom is -0.487 e. The van der Waals surface area contributed by atoms with Crippen LogP contribution in [0.3, 0.4) is 0 Å². The monoisotopic (exact) mass is 465 g/mol. The van der Waals surface area contributed by atoms with Crippen LogP contribution in [0.25, 0.3) is 0 Å². The van der Waals surface area contributed by atoms with E-state index in [1.165, 1.54) is 16.9 Å². The van der Waals surface area contributed by atoms with Crippen molar-refractivity contribution >= 4 is 42.1 Å². The van der Waals surface area contributed by atoms with E-state index in [9.17, 15) is 4.79 Å². The molecule has 0 radical (unpaired) electrons. The van der Waals surface area contributed by atoms with E-state index in [2.05, 4.69) is 17.1 Å². The van der Waals surface area contributed by atoms with Gasteiger partial charge in [0.05, 0.1) is 11.2 Å². The molecule has 0 saturated carbocycles. The van der Waals surface area contributed by atoms with Crippen molar-refractivity contribution in [3.05, 3.63) is 82.3 Å². The molecule has 0 unspecified atom stereocenters. The molecule has 30 heavy (non-hydrogen) atoms. The summed E-state index contributed by atoms with van der Waals surface area (Å²) in [6.07, 6.45) is 0. The number of likely N-dealkylation sites (tertiary alicyclic amines) is 1. The number of carbonyl (C=O) groups is 1. The number of aromatic nitrogens is 1. The highest BCUT2D eigenvalue weighted by Gasteiger charge is 2.35. The molecule has 2 heterocycles. The van der Waals surface area contributed by atoms with Crippen LogP contribution in [0.15, 0.2) is 65.5 Å². The van der Waals surface area contributed by atoms with Crippen LogP contribution in [0.2, 0.25) is 0 Å². The molecule has 1 aliphatic rings. The Hall–Kier alpha value is -2.12. The van der Waals surface area contributed by atoms with Crippen LogP contribution in [0.4, 0.5) is 0 Å². The average Bonchev–Trinajstić information content (AvgIpc) is 3.42. The Labute approximate surface area is 193 Å². The number of ether oxygens (including phenoxy) is 1. The lowest BCUT2D eigenvalue weighted by atomic mass is 9.89. The van der Waals surface area contributed by atoms with Crippen molar-refractivity contribution in [2.24, 2.45) is 11.7 Å². The molecule has 4 rings (SSSR count). The van der Waals surface area contributed by atoms with E-state index >= 15 is 0 Å². The third-order valence-electron chi connectivity index (χ3n) is 5.21. The summed E-state index contributed by atoms with van der Waals surface area (Å²) in [5.41, 5.74) is 10.6. The van der Waals surface area contributed by atoms with Crippen LogP contribution in [0.1, 0.15) is 27.5 Å². The predicted molar refractivity (Wildman–Crippen MR) is 125 cm³/mol. The Morgan fingerprint density at radius 2 is 1.93 bits per heavy atom. The Kier molecular flexibility index (Phi) is 9.11. The van der Waals surface area contributed by atoms with Gasteiger partial charge in [0.2, 0.25) is 0 Å². The molecule has 0 aliphatic carbocycles. The van der Waals surface area contributed by atoms with Gasteiger partial charge in [-0.25, -0.2) is 4.98 Å². The molecule has 1 saturated heterocycles. The van der Waals surface area contributed by atoms with E-state index in [-0.39, 0.29) is 42.6 Å². The molecular formula is C22H25Cl2N3O2S. The highest BCUT2D eigenvalue weighted by atomic mass is 35.5. The van der Waals surface area contributed by atoms with Crippen molar-refractivity contribution < 1.29 is 9.53 Å². The van der Waals surface area contributed by atoms with E-state index in [1.54, 1.807) is 5.51 Å². The predicted octanol–water partition coefficient (Wildman–Crippen LogP) is 4.38. The van der Waals surface area contributed by atoms with Gasteiger partial charge in [-0.3, -0.25) is 4.79 Å². The van der Waals surface area contributed by atoms with Crippen LogP contribution in [-0.2, 0) is 6.61 Å². The maximum absolute atomic E-state index is 13.1. The van der Waals surface area contributed by atoms with E-state index < -0.39 is 0 Å². The number of carbonyl (C=O) groups excluding carboxylic acids is 1. The van der Waals surface area contributed by atoms with E-state index in [4.69, 9.17) is 10.5 Å². The van der Waals surface area contributed by atoms with Gasteiger partial charge in [-0.2, -0.15) is 0 Å². The van der Waals surface area contributed by atoms with Gasteiger partial charge in [0.15, 0.2) is 0 Å². The van der Waals surface area contributed by atoms with Crippen LogP contribution in [0.5, 0.6) is 5.75 Å². The number of hydrogen-bond acceptors (Lipinski definition) is 5. The van der Waals surface area contributed by atoms with Crippen molar-refractivity contribution in [1.29, 1.82) is 0 Å². The fourth-order valence-electron chi connectivity index (χ4n) is 3.72. The van der Waals surface area contributed by atoms with Gasteiger partial charge >= 0.3 is 0 Å². The number of halogens is 2. The number of amides is 1. The molecule has 0 bridgehead atoms. The van der Waals surface area contributed by atoms with Gasteiger partial charge < -0.3 is 15.4 Å². The second kappa shape index (κ2) is 11.3.